The Kier molecular flexibility index (Phi) is 6.21. The summed E-state index contributed by atoms with van der Waals surface area (Å²) in [4.78, 5) is 23.4. The first-order valence-corrected chi connectivity index (χ1v) is 10.6. The van der Waals surface area contributed by atoms with Crippen molar-refractivity contribution >= 4 is 17.7 Å². The summed E-state index contributed by atoms with van der Waals surface area (Å²) in [5.74, 6) is 1.29. The average Bonchev–Trinajstić information content (AvgIpc) is 3.28. The van der Waals surface area contributed by atoms with E-state index in [9.17, 15) is 14.9 Å². The number of rotatable bonds is 6. The van der Waals surface area contributed by atoms with Crippen molar-refractivity contribution in [1.82, 2.24) is 5.32 Å². The molecule has 1 N–H and O–H groups in total. The third-order valence-corrected chi connectivity index (χ3v) is 5.99. The molecule has 1 amide bonds. The molecule has 1 aliphatic carbocycles. The van der Waals surface area contributed by atoms with Crippen molar-refractivity contribution in [2.75, 3.05) is 13.7 Å². The molecule has 0 radical (unpaired) electrons. The molecule has 0 aromatic heterocycles. The number of carbonyl (C=O) groups is 1. The number of para-hydroxylation sites is 1. The molecule has 0 bridgehead atoms. The van der Waals surface area contributed by atoms with Gasteiger partial charge in [0.25, 0.3) is 5.69 Å². The second kappa shape index (κ2) is 9.20. The highest BCUT2D eigenvalue weighted by molar-refractivity contribution is 5.99. The molecule has 1 atom stereocenters. The molecular formula is C24H26N2O5. The molecule has 1 aliphatic heterocycles. The highest BCUT2D eigenvalue weighted by atomic mass is 16.6. The van der Waals surface area contributed by atoms with Crippen LogP contribution in [0.5, 0.6) is 11.5 Å². The van der Waals surface area contributed by atoms with Crippen LogP contribution in [0.1, 0.15) is 49.1 Å². The molecule has 1 saturated carbocycles. The number of carbonyl (C=O) groups excluding carboxylic acids is 1. The van der Waals surface area contributed by atoms with Gasteiger partial charge in [-0.2, -0.15) is 0 Å². The van der Waals surface area contributed by atoms with Gasteiger partial charge in [-0.05, 0) is 61.9 Å². The van der Waals surface area contributed by atoms with Crippen molar-refractivity contribution in [3.8, 4) is 11.5 Å². The van der Waals surface area contributed by atoms with Crippen LogP contribution < -0.4 is 14.8 Å². The minimum absolute atomic E-state index is 0.0124. The zero-order chi connectivity index (χ0) is 21.8. The number of nitro benzene ring substituents is 1. The lowest BCUT2D eigenvalue weighted by Crippen LogP contribution is -2.35. The standard InChI is InChI=1S/C24H26N2O5/c1-30-22-11-10-16(14-23(22)31-20-7-3-4-8-20)19-13-18(24(27)25-15-19)12-17-6-2-5-9-21(17)26(28)29/h2,5-6,9-12,14,19-20H,3-4,7-8,13,15H2,1H3,(H,25,27). The van der Waals surface area contributed by atoms with E-state index in [4.69, 9.17) is 9.47 Å². The predicted octanol–water partition coefficient (Wildman–Crippen LogP) is 4.61. The Morgan fingerprint density at radius 2 is 1.90 bits per heavy atom. The van der Waals surface area contributed by atoms with Gasteiger partial charge in [-0.25, -0.2) is 0 Å². The third-order valence-electron chi connectivity index (χ3n) is 5.99. The zero-order valence-electron chi connectivity index (χ0n) is 17.5. The summed E-state index contributed by atoms with van der Waals surface area (Å²) in [6.07, 6.45) is 6.80. The molecule has 4 rings (SSSR count). The van der Waals surface area contributed by atoms with Gasteiger partial charge in [-0.15, -0.1) is 0 Å². The molecule has 1 saturated heterocycles. The van der Waals surface area contributed by atoms with Crippen molar-refractivity contribution in [2.24, 2.45) is 0 Å². The van der Waals surface area contributed by atoms with Crippen LogP contribution in [0.2, 0.25) is 0 Å². The Hall–Kier alpha value is -3.35. The topological polar surface area (TPSA) is 90.7 Å². The van der Waals surface area contributed by atoms with Crippen LogP contribution in [0.15, 0.2) is 48.0 Å². The highest BCUT2D eigenvalue weighted by Gasteiger charge is 2.27. The maximum Gasteiger partial charge on any atom is 0.276 e. The summed E-state index contributed by atoms with van der Waals surface area (Å²) in [5, 5.41) is 14.2. The summed E-state index contributed by atoms with van der Waals surface area (Å²) in [6, 6.07) is 12.3. The maximum atomic E-state index is 12.5. The Labute approximate surface area is 181 Å². The molecule has 0 spiro atoms. The van der Waals surface area contributed by atoms with E-state index in [0.29, 0.717) is 29.9 Å². The molecular weight excluding hydrogens is 396 g/mol. The molecule has 2 aromatic rings. The lowest BCUT2D eigenvalue weighted by atomic mass is 9.87. The fourth-order valence-corrected chi connectivity index (χ4v) is 4.31. The fraction of sp³-hybridized carbons (Fsp3) is 0.375. The normalized spacial score (nSPS) is 20.5. The quantitative estimate of drug-likeness (QED) is 0.417. The van der Waals surface area contributed by atoms with Crippen molar-refractivity contribution in [3.05, 3.63) is 69.3 Å². The number of nitro groups is 1. The van der Waals surface area contributed by atoms with Crippen molar-refractivity contribution in [1.29, 1.82) is 0 Å². The average molecular weight is 422 g/mol. The summed E-state index contributed by atoms with van der Waals surface area (Å²) >= 11 is 0. The summed E-state index contributed by atoms with van der Waals surface area (Å²) < 4.78 is 11.7. The van der Waals surface area contributed by atoms with Crippen molar-refractivity contribution in [3.63, 3.8) is 0 Å². The van der Waals surface area contributed by atoms with Crippen LogP contribution in [0.3, 0.4) is 0 Å². The number of piperidine rings is 1. The molecule has 1 heterocycles. The molecule has 7 nitrogen and oxygen atoms in total. The number of benzene rings is 2. The maximum absolute atomic E-state index is 12.5. The van der Waals surface area contributed by atoms with Crippen LogP contribution in [0, 0.1) is 10.1 Å². The first-order valence-electron chi connectivity index (χ1n) is 10.6. The van der Waals surface area contributed by atoms with Gasteiger partial charge in [0.1, 0.15) is 0 Å². The number of ether oxygens (including phenoxy) is 2. The van der Waals surface area contributed by atoms with Gasteiger partial charge in [0.2, 0.25) is 5.91 Å². The largest absolute Gasteiger partial charge is 0.493 e. The predicted molar refractivity (Wildman–Crippen MR) is 117 cm³/mol. The van der Waals surface area contributed by atoms with E-state index in [0.717, 1.165) is 24.2 Å². The number of hydrogen-bond donors (Lipinski definition) is 1. The van der Waals surface area contributed by atoms with Gasteiger partial charge in [-0.1, -0.05) is 18.2 Å². The SMILES string of the molecule is COc1ccc(C2CNC(=O)C(=Cc3ccccc3[N+](=O)[O-])C2)cc1OC1CCCC1. The van der Waals surface area contributed by atoms with E-state index in [1.54, 1.807) is 31.4 Å². The first-order chi connectivity index (χ1) is 15.0. The number of hydrogen-bond acceptors (Lipinski definition) is 5. The van der Waals surface area contributed by atoms with Gasteiger partial charge >= 0.3 is 0 Å². The smallest absolute Gasteiger partial charge is 0.276 e. The molecule has 162 valence electrons. The van der Waals surface area contributed by atoms with Crippen molar-refractivity contribution < 1.29 is 19.2 Å². The minimum Gasteiger partial charge on any atom is -0.493 e. The second-order valence-corrected chi connectivity index (χ2v) is 8.03. The van der Waals surface area contributed by atoms with Gasteiger partial charge in [0.15, 0.2) is 11.5 Å². The van der Waals surface area contributed by atoms with Crippen LogP contribution in [-0.2, 0) is 4.79 Å². The molecule has 2 aliphatic rings. The Morgan fingerprint density at radius 1 is 1.13 bits per heavy atom. The van der Waals surface area contributed by atoms with Gasteiger partial charge in [0, 0.05) is 24.1 Å². The summed E-state index contributed by atoms with van der Waals surface area (Å²) in [7, 11) is 1.63. The Morgan fingerprint density at radius 3 is 2.65 bits per heavy atom. The Balaban J connectivity index is 1.59. The molecule has 1 unspecified atom stereocenters. The van der Waals surface area contributed by atoms with Crippen LogP contribution in [-0.4, -0.2) is 30.6 Å². The van der Waals surface area contributed by atoms with Gasteiger partial charge < -0.3 is 14.8 Å². The van der Waals surface area contributed by atoms with E-state index in [1.165, 1.54) is 18.9 Å². The van der Waals surface area contributed by atoms with Crippen LogP contribution >= 0.6 is 0 Å². The van der Waals surface area contributed by atoms with E-state index >= 15 is 0 Å². The molecule has 31 heavy (non-hydrogen) atoms. The lowest BCUT2D eigenvalue weighted by Gasteiger charge is -2.26. The number of nitrogens with zero attached hydrogens (tertiary/aromatic N) is 1. The van der Waals surface area contributed by atoms with E-state index < -0.39 is 4.92 Å². The van der Waals surface area contributed by atoms with Gasteiger partial charge in [0.05, 0.1) is 23.7 Å². The molecule has 7 heteroatoms. The third kappa shape index (κ3) is 4.71. The number of methoxy groups -OCH3 is 1. The van der Waals surface area contributed by atoms with Crippen molar-refractivity contribution in [2.45, 2.75) is 44.1 Å². The number of amides is 1. The van der Waals surface area contributed by atoms with Crippen LogP contribution in [0.25, 0.3) is 6.08 Å². The lowest BCUT2D eigenvalue weighted by molar-refractivity contribution is -0.385. The highest BCUT2D eigenvalue weighted by Crippen LogP contribution is 2.37. The summed E-state index contributed by atoms with van der Waals surface area (Å²) in [5.41, 5.74) is 1.99. The van der Waals surface area contributed by atoms with E-state index in [-0.39, 0.29) is 23.6 Å². The zero-order valence-corrected chi connectivity index (χ0v) is 17.5. The fourth-order valence-electron chi connectivity index (χ4n) is 4.31. The molecule has 2 aromatic carbocycles. The first kappa shape index (κ1) is 20.9. The monoisotopic (exact) mass is 422 g/mol. The van der Waals surface area contributed by atoms with Crippen LogP contribution in [0.4, 0.5) is 5.69 Å². The van der Waals surface area contributed by atoms with E-state index in [2.05, 4.69) is 5.32 Å². The van der Waals surface area contributed by atoms with Gasteiger partial charge in [-0.3, -0.25) is 14.9 Å². The molecule has 2 fully saturated rings. The summed E-state index contributed by atoms with van der Waals surface area (Å²) in [6.45, 7) is 0.502. The van der Waals surface area contributed by atoms with E-state index in [1.807, 2.05) is 18.2 Å². The minimum atomic E-state index is -0.430. The Bertz CT molecular complexity index is 1010. The number of nitrogens with one attached hydrogen (secondary N) is 1. The second-order valence-electron chi connectivity index (χ2n) is 8.03.